The van der Waals surface area contributed by atoms with Crippen LogP contribution in [-0.2, 0) is 10.0 Å². The molecule has 164 valence electrons. The maximum absolute atomic E-state index is 13.3. The van der Waals surface area contributed by atoms with E-state index < -0.39 is 16.0 Å². The van der Waals surface area contributed by atoms with Crippen molar-refractivity contribution in [3.05, 3.63) is 102 Å². The molecule has 3 aromatic carbocycles. The van der Waals surface area contributed by atoms with E-state index in [1.807, 2.05) is 0 Å². The van der Waals surface area contributed by atoms with Crippen molar-refractivity contribution in [2.24, 2.45) is 0 Å². The van der Waals surface area contributed by atoms with Gasteiger partial charge in [0, 0.05) is 5.56 Å². The van der Waals surface area contributed by atoms with Crippen molar-refractivity contribution >= 4 is 39.1 Å². The third-order valence-corrected chi connectivity index (χ3v) is 6.68. The minimum Gasteiger partial charge on any atom is -0.423 e. The molecule has 3 rings (SSSR count). The smallest absolute Gasteiger partial charge is 0.345 e. The Kier molecular flexibility index (Phi) is 7.12. The van der Waals surface area contributed by atoms with Crippen LogP contribution in [-0.4, -0.2) is 26.7 Å². The minimum atomic E-state index is -4.02. The summed E-state index contributed by atoms with van der Waals surface area (Å²) in [4.78, 5) is 24.0. The van der Waals surface area contributed by atoms with E-state index in [2.05, 4.69) is 6.58 Å². The molecule has 0 saturated carbocycles. The predicted molar refractivity (Wildman–Crippen MR) is 124 cm³/mol. The van der Waals surface area contributed by atoms with Crippen LogP contribution in [0.1, 0.15) is 27.6 Å². The van der Waals surface area contributed by atoms with Gasteiger partial charge in [-0.25, -0.2) is 13.2 Å². The van der Waals surface area contributed by atoms with Gasteiger partial charge >= 0.3 is 5.97 Å². The van der Waals surface area contributed by atoms with Gasteiger partial charge in [0.15, 0.2) is 5.78 Å². The number of anilines is 1. The second-order valence-electron chi connectivity index (χ2n) is 6.77. The lowest BCUT2D eigenvalue weighted by Crippen LogP contribution is -2.31. The number of para-hydroxylation sites is 1. The number of carbonyl (C=O) groups is 2. The molecular formula is C24H20ClNO5S. The summed E-state index contributed by atoms with van der Waals surface area (Å²) in [6.07, 6.45) is 1.47. The zero-order chi connectivity index (χ0) is 23.3. The Bertz CT molecular complexity index is 1260. The maximum Gasteiger partial charge on any atom is 0.345 e. The molecule has 0 aromatic heterocycles. The monoisotopic (exact) mass is 469 g/mol. The molecule has 0 aliphatic heterocycles. The predicted octanol–water partition coefficient (Wildman–Crippen LogP) is 5.14. The third-order valence-electron chi connectivity index (χ3n) is 4.56. The van der Waals surface area contributed by atoms with Gasteiger partial charge < -0.3 is 4.74 Å². The summed E-state index contributed by atoms with van der Waals surface area (Å²) in [5.41, 5.74) is 0.825. The van der Waals surface area contributed by atoms with Crippen molar-refractivity contribution in [3.8, 4) is 5.75 Å². The first-order valence-corrected chi connectivity index (χ1v) is 11.4. The molecule has 0 bridgehead atoms. The number of carbonyl (C=O) groups excluding carboxylic acids is 2. The third kappa shape index (κ3) is 5.07. The molecule has 0 radical (unpaired) electrons. The molecule has 0 amide bonds. The lowest BCUT2D eigenvalue weighted by atomic mass is 10.1. The number of benzene rings is 3. The highest BCUT2D eigenvalue weighted by Gasteiger charge is 2.26. The lowest BCUT2D eigenvalue weighted by molar-refractivity contribution is 0.0734. The van der Waals surface area contributed by atoms with Gasteiger partial charge in [-0.2, -0.15) is 0 Å². The molecule has 0 unspecified atom stereocenters. The number of sulfonamides is 1. The Hall–Kier alpha value is -3.42. The minimum absolute atomic E-state index is 0.0389. The summed E-state index contributed by atoms with van der Waals surface area (Å²) in [6, 6.07) is 18.4. The van der Waals surface area contributed by atoms with Crippen molar-refractivity contribution in [2.45, 2.75) is 11.8 Å². The van der Waals surface area contributed by atoms with Gasteiger partial charge in [-0.3, -0.25) is 9.10 Å². The van der Waals surface area contributed by atoms with Crippen LogP contribution in [0.4, 0.5) is 5.69 Å². The van der Waals surface area contributed by atoms with Gasteiger partial charge in [-0.1, -0.05) is 35.9 Å². The molecule has 0 fully saturated rings. The van der Waals surface area contributed by atoms with Crippen LogP contribution in [0.25, 0.3) is 0 Å². The Morgan fingerprint density at radius 2 is 1.69 bits per heavy atom. The lowest BCUT2D eigenvalue weighted by Gasteiger charge is -2.23. The zero-order valence-corrected chi connectivity index (χ0v) is 18.8. The number of Topliss-reactive ketones (excluding diaryl/α,β-unsaturated/α-hetero) is 1. The first kappa shape index (κ1) is 23.2. The van der Waals surface area contributed by atoms with E-state index in [1.165, 1.54) is 59.8 Å². The molecular weight excluding hydrogens is 450 g/mol. The fourth-order valence-corrected chi connectivity index (χ4v) is 4.58. The molecule has 8 heteroatoms. The van der Waals surface area contributed by atoms with Crippen LogP contribution in [0.5, 0.6) is 5.75 Å². The highest BCUT2D eigenvalue weighted by molar-refractivity contribution is 7.92. The number of ketones is 1. The van der Waals surface area contributed by atoms with Gasteiger partial charge in [0.1, 0.15) is 5.75 Å². The Balaban J connectivity index is 1.93. The number of halogens is 1. The molecule has 0 N–H and O–H groups in total. The van der Waals surface area contributed by atoms with Crippen molar-refractivity contribution in [1.29, 1.82) is 0 Å². The van der Waals surface area contributed by atoms with Crippen molar-refractivity contribution < 1.29 is 22.7 Å². The number of rotatable bonds is 8. The average Bonchev–Trinajstić information content (AvgIpc) is 2.78. The van der Waals surface area contributed by atoms with E-state index in [1.54, 1.807) is 30.3 Å². The quantitative estimate of drug-likeness (QED) is 0.197. The van der Waals surface area contributed by atoms with Crippen LogP contribution < -0.4 is 9.04 Å². The fraction of sp³-hybridized carbons (Fsp3) is 0.0833. The summed E-state index contributed by atoms with van der Waals surface area (Å²) in [5.74, 6) is -0.745. The van der Waals surface area contributed by atoms with E-state index in [0.717, 1.165) is 0 Å². The van der Waals surface area contributed by atoms with Gasteiger partial charge in [0.05, 0.1) is 27.7 Å². The summed E-state index contributed by atoms with van der Waals surface area (Å²) < 4.78 is 33.1. The van der Waals surface area contributed by atoms with Gasteiger partial charge in [0.2, 0.25) is 0 Å². The van der Waals surface area contributed by atoms with Crippen molar-refractivity contribution in [1.82, 2.24) is 0 Å². The molecule has 0 atom stereocenters. The van der Waals surface area contributed by atoms with Gasteiger partial charge in [-0.05, 0) is 61.5 Å². The zero-order valence-electron chi connectivity index (χ0n) is 17.2. The molecule has 32 heavy (non-hydrogen) atoms. The largest absolute Gasteiger partial charge is 0.423 e. The summed E-state index contributed by atoms with van der Waals surface area (Å²) in [7, 11) is -4.02. The topological polar surface area (TPSA) is 80.8 Å². The van der Waals surface area contributed by atoms with Crippen LogP contribution >= 0.6 is 11.6 Å². The Labute approximate surface area is 191 Å². The van der Waals surface area contributed by atoms with E-state index in [4.69, 9.17) is 16.3 Å². The van der Waals surface area contributed by atoms with E-state index >= 15 is 0 Å². The number of hydrogen-bond donors (Lipinski definition) is 0. The first-order valence-electron chi connectivity index (χ1n) is 9.55. The number of ether oxygens (including phenoxy) is 1. The molecule has 0 aliphatic rings. The van der Waals surface area contributed by atoms with E-state index in [9.17, 15) is 18.0 Å². The van der Waals surface area contributed by atoms with Crippen LogP contribution in [0, 0.1) is 0 Å². The standard InChI is InChI=1S/C24H20ClNO5S/c1-3-15-26(19-7-5-4-6-8-19)32(29,30)21-13-14-23(25)22(16-21)24(28)31-20-11-9-18(10-12-20)17(2)27/h3-14,16H,1,15H2,2H3. The second-order valence-corrected chi connectivity index (χ2v) is 9.04. The highest BCUT2D eigenvalue weighted by Crippen LogP contribution is 2.27. The van der Waals surface area contributed by atoms with Gasteiger partial charge in [0.25, 0.3) is 10.0 Å². The van der Waals surface area contributed by atoms with E-state index in [0.29, 0.717) is 11.3 Å². The number of hydrogen-bond acceptors (Lipinski definition) is 5. The molecule has 0 spiro atoms. The normalized spacial score (nSPS) is 10.9. The molecule has 0 heterocycles. The summed E-state index contributed by atoms with van der Waals surface area (Å²) in [5, 5.41) is 0.0456. The van der Waals surface area contributed by atoms with Crippen LogP contribution in [0.15, 0.2) is 90.3 Å². The maximum atomic E-state index is 13.3. The van der Waals surface area contributed by atoms with Crippen LogP contribution in [0.2, 0.25) is 5.02 Å². The summed E-state index contributed by atoms with van der Waals surface area (Å²) in [6.45, 7) is 5.10. The SMILES string of the molecule is C=CCN(c1ccccc1)S(=O)(=O)c1ccc(Cl)c(C(=O)Oc2ccc(C(C)=O)cc2)c1. The van der Waals surface area contributed by atoms with Crippen LogP contribution in [0.3, 0.4) is 0 Å². The number of esters is 1. The Morgan fingerprint density at radius 3 is 2.28 bits per heavy atom. The molecule has 0 saturated heterocycles. The molecule has 0 aliphatic carbocycles. The van der Waals surface area contributed by atoms with Gasteiger partial charge in [-0.15, -0.1) is 6.58 Å². The fourth-order valence-electron chi connectivity index (χ4n) is 2.92. The second kappa shape index (κ2) is 9.80. The first-order chi connectivity index (χ1) is 15.2. The van der Waals surface area contributed by atoms with E-state index in [-0.39, 0.29) is 33.6 Å². The number of nitrogens with zero attached hydrogens (tertiary/aromatic N) is 1. The average molecular weight is 470 g/mol. The van der Waals surface area contributed by atoms with Crippen molar-refractivity contribution in [3.63, 3.8) is 0 Å². The highest BCUT2D eigenvalue weighted by atomic mass is 35.5. The molecule has 6 nitrogen and oxygen atoms in total. The van der Waals surface area contributed by atoms with Crippen molar-refractivity contribution in [2.75, 3.05) is 10.8 Å². The molecule has 3 aromatic rings. The Morgan fingerprint density at radius 1 is 1.03 bits per heavy atom. The summed E-state index contributed by atoms with van der Waals surface area (Å²) >= 11 is 6.16.